The summed E-state index contributed by atoms with van der Waals surface area (Å²) in [7, 11) is 0. The van der Waals surface area contributed by atoms with E-state index in [9.17, 15) is 5.11 Å². The number of hydrogen-bond donors (Lipinski definition) is 1. The van der Waals surface area contributed by atoms with Gasteiger partial charge in [-0.15, -0.1) is 12.3 Å². The lowest BCUT2D eigenvalue weighted by Gasteiger charge is -2.19. The number of rotatable bonds is 4. The number of allylic oxidation sites excluding steroid dienone is 2. The molecule has 1 N–H and O–H groups in total. The Morgan fingerprint density at radius 3 is 2.58 bits per heavy atom. The van der Waals surface area contributed by atoms with Crippen molar-refractivity contribution < 1.29 is 5.11 Å². The van der Waals surface area contributed by atoms with Gasteiger partial charge in [-0.3, -0.25) is 0 Å². The van der Waals surface area contributed by atoms with Crippen molar-refractivity contribution in [1.82, 2.24) is 0 Å². The van der Waals surface area contributed by atoms with E-state index in [1.165, 1.54) is 5.57 Å². The van der Waals surface area contributed by atoms with E-state index in [4.69, 9.17) is 6.42 Å². The van der Waals surface area contributed by atoms with Crippen molar-refractivity contribution in [3.63, 3.8) is 0 Å². The Morgan fingerprint density at radius 1 is 1.58 bits per heavy atom. The smallest absolute Gasteiger partial charge is 0.0731 e. The molecule has 68 valence electrons. The Morgan fingerprint density at radius 2 is 2.17 bits per heavy atom. The first-order valence-electron chi connectivity index (χ1n) is 4.27. The van der Waals surface area contributed by atoms with Crippen LogP contribution in [0, 0.1) is 12.3 Å². The zero-order valence-corrected chi connectivity index (χ0v) is 8.22. The van der Waals surface area contributed by atoms with E-state index in [1.807, 2.05) is 0 Å². The molecule has 1 nitrogen and oxygen atoms in total. The average Bonchev–Trinajstić information content (AvgIpc) is 1.85. The summed E-state index contributed by atoms with van der Waals surface area (Å²) >= 11 is 0. The Bertz CT molecular complexity index is 190. The maximum absolute atomic E-state index is 9.66. The molecule has 0 aromatic carbocycles. The summed E-state index contributed by atoms with van der Waals surface area (Å²) in [5.41, 5.74) is 0.590. The molecule has 1 atom stereocenters. The van der Waals surface area contributed by atoms with Gasteiger partial charge in [0, 0.05) is 6.42 Å². The second-order valence-electron chi connectivity index (χ2n) is 3.70. The fraction of sp³-hybridized carbons (Fsp3) is 0.636. The first kappa shape index (κ1) is 11.3. The SMILES string of the molecule is C#CCC(C)(O)CCC=C(C)C. The molecule has 12 heavy (non-hydrogen) atoms. The fourth-order valence-electron chi connectivity index (χ4n) is 0.980. The summed E-state index contributed by atoms with van der Waals surface area (Å²) in [6.07, 6.45) is 9.31. The van der Waals surface area contributed by atoms with E-state index in [-0.39, 0.29) is 0 Å². The van der Waals surface area contributed by atoms with Crippen LogP contribution in [0.5, 0.6) is 0 Å². The first-order chi connectivity index (χ1) is 5.48. The van der Waals surface area contributed by atoms with Crippen LogP contribution in [-0.4, -0.2) is 10.7 Å². The van der Waals surface area contributed by atoms with Gasteiger partial charge < -0.3 is 5.11 Å². The van der Waals surface area contributed by atoms with Crippen LogP contribution >= 0.6 is 0 Å². The van der Waals surface area contributed by atoms with Crippen molar-refractivity contribution in [3.8, 4) is 12.3 Å². The second kappa shape index (κ2) is 5.00. The highest BCUT2D eigenvalue weighted by atomic mass is 16.3. The predicted molar refractivity (Wildman–Crippen MR) is 52.7 cm³/mol. The maximum Gasteiger partial charge on any atom is 0.0731 e. The van der Waals surface area contributed by atoms with Crippen molar-refractivity contribution >= 4 is 0 Å². The molecule has 1 heteroatoms. The van der Waals surface area contributed by atoms with Crippen LogP contribution in [0.2, 0.25) is 0 Å². The minimum absolute atomic E-state index is 0.434. The highest BCUT2D eigenvalue weighted by Crippen LogP contribution is 2.16. The third-order valence-electron chi connectivity index (χ3n) is 1.72. The molecule has 0 heterocycles. The summed E-state index contributed by atoms with van der Waals surface area (Å²) in [6.45, 7) is 5.89. The third-order valence-corrected chi connectivity index (χ3v) is 1.72. The Hall–Kier alpha value is -0.740. The molecule has 0 saturated carbocycles. The molecular formula is C11H18O. The zero-order valence-electron chi connectivity index (χ0n) is 8.22. The van der Waals surface area contributed by atoms with Crippen LogP contribution in [0.4, 0.5) is 0 Å². The Labute approximate surface area is 75.5 Å². The standard InChI is InChI=1S/C11H18O/c1-5-8-11(4,12)9-6-7-10(2)3/h1,7,12H,6,8-9H2,2-4H3. The molecule has 0 aromatic rings. The molecular weight excluding hydrogens is 148 g/mol. The van der Waals surface area contributed by atoms with Gasteiger partial charge in [0.2, 0.25) is 0 Å². The first-order valence-corrected chi connectivity index (χ1v) is 4.27. The van der Waals surface area contributed by atoms with Crippen LogP contribution in [-0.2, 0) is 0 Å². The van der Waals surface area contributed by atoms with E-state index in [0.29, 0.717) is 6.42 Å². The largest absolute Gasteiger partial charge is 0.389 e. The van der Waals surface area contributed by atoms with Crippen LogP contribution in [0.15, 0.2) is 11.6 Å². The zero-order chi connectivity index (χ0) is 9.61. The molecule has 1 unspecified atom stereocenters. The van der Waals surface area contributed by atoms with Gasteiger partial charge >= 0.3 is 0 Å². The number of aliphatic hydroxyl groups is 1. The van der Waals surface area contributed by atoms with E-state index in [2.05, 4.69) is 25.8 Å². The van der Waals surface area contributed by atoms with Gasteiger partial charge in [-0.25, -0.2) is 0 Å². The van der Waals surface area contributed by atoms with Crippen molar-refractivity contribution in [2.75, 3.05) is 0 Å². The van der Waals surface area contributed by atoms with Gasteiger partial charge in [0.05, 0.1) is 5.60 Å². The Kier molecular flexibility index (Phi) is 4.70. The van der Waals surface area contributed by atoms with Crippen LogP contribution < -0.4 is 0 Å². The molecule has 0 amide bonds. The van der Waals surface area contributed by atoms with Crippen LogP contribution in [0.1, 0.15) is 40.0 Å². The van der Waals surface area contributed by atoms with Crippen molar-refractivity contribution in [2.45, 2.75) is 45.6 Å². The normalized spacial score (nSPS) is 14.6. The lowest BCUT2D eigenvalue weighted by atomic mass is 9.96. The molecule has 0 aliphatic rings. The van der Waals surface area contributed by atoms with Crippen molar-refractivity contribution in [1.29, 1.82) is 0 Å². The lowest BCUT2D eigenvalue weighted by Crippen LogP contribution is -2.22. The molecule has 0 saturated heterocycles. The van der Waals surface area contributed by atoms with Crippen LogP contribution in [0.3, 0.4) is 0 Å². The molecule has 0 spiro atoms. The predicted octanol–water partition coefficient (Wildman–Crippen LogP) is 2.51. The van der Waals surface area contributed by atoms with E-state index in [0.717, 1.165) is 12.8 Å². The summed E-state index contributed by atoms with van der Waals surface area (Å²) in [4.78, 5) is 0. The molecule has 0 aliphatic carbocycles. The minimum atomic E-state index is -0.694. The van der Waals surface area contributed by atoms with Gasteiger partial charge in [0.15, 0.2) is 0 Å². The highest BCUT2D eigenvalue weighted by Gasteiger charge is 2.16. The summed E-state index contributed by atoms with van der Waals surface area (Å²) in [5.74, 6) is 2.48. The van der Waals surface area contributed by atoms with Crippen molar-refractivity contribution in [3.05, 3.63) is 11.6 Å². The van der Waals surface area contributed by atoms with Gasteiger partial charge in [-0.05, 0) is 33.6 Å². The van der Waals surface area contributed by atoms with Gasteiger partial charge in [-0.2, -0.15) is 0 Å². The van der Waals surface area contributed by atoms with Crippen molar-refractivity contribution in [2.24, 2.45) is 0 Å². The van der Waals surface area contributed by atoms with E-state index in [1.54, 1.807) is 6.92 Å². The molecule has 0 aliphatic heterocycles. The lowest BCUT2D eigenvalue weighted by molar-refractivity contribution is 0.0573. The van der Waals surface area contributed by atoms with Gasteiger partial charge in [-0.1, -0.05) is 11.6 Å². The van der Waals surface area contributed by atoms with E-state index < -0.39 is 5.60 Å². The molecule has 0 bridgehead atoms. The topological polar surface area (TPSA) is 20.2 Å². The monoisotopic (exact) mass is 166 g/mol. The molecule has 0 radical (unpaired) electrons. The van der Waals surface area contributed by atoms with Gasteiger partial charge in [0.1, 0.15) is 0 Å². The summed E-state index contributed by atoms with van der Waals surface area (Å²) in [5, 5.41) is 9.66. The molecule has 0 aromatic heterocycles. The number of terminal acetylenes is 1. The minimum Gasteiger partial charge on any atom is -0.389 e. The summed E-state index contributed by atoms with van der Waals surface area (Å²) < 4.78 is 0. The fourth-order valence-corrected chi connectivity index (χ4v) is 0.980. The highest BCUT2D eigenvalue weighted by molar-refractivity contribution is 4.97. The second-order valence-corrected chi connectivity index (χ2v) is 3.70. The Balaban J connectivity index is 3.77. The number of hydrogen-bond acceptors (Lipinski definition) is 1. The molecule has 0 fully saturated rings. The van der Waals surface area contributed by atoms with E-state index >= 15 is 0 Å². The average molecular weight is 166 g/mol. The molecule has 0 rings (SSSR count). The maximum atomic E-state index is 9.66. The quantitative estimate of drug-likeness (QED) is 0.502. The summed E-state index contributed by atoms with van der Waals surface area (Å²) in [6, 6.07) is 0. The van der Waals surface area contributed by atoms with Crippen LogP contribution in [0.25, 0.3) is 0 Å². The third kappa shape index (κ3) is 6.00. The van der Waals surface area contributed by atoms with Gasteiger partial charge in [0.25, 0.3) is 0 Å².